The summed E-state index contributed by atoms with van der Waals surface area (Å²) in [6.07, 6.45) is 4.64. The van der Waals surface area contributed by atoms with Gasteiger partial charge in [0.25, 0.3) is 0 Å². The fourth-order valence-corrected chi connectivity index (χ4v) is 5.03. The van der Waals surface area contributed by atoms with Crippen LogP contribution in [-0.2, 0) is 9.53 Å². The lowest BCUT2D eigenvalue weighted by Crippen LogP contribution is -2.38. The van der Waals surface area contributed by atoms with E-state index in [0.29, 0.717) is 35.9 Å². The molecular weight excluding hydrogens is 404 g/mol. The standard InChI is InChI=1S/C25H34N4O3/c1-6-31-19-10-8-18(9-11-19)23-22(17(5)28-25-26-14-27-29(23)25)24(30)32-21-13-16(4)7-12-20(21)15(2)3/h8-11,14-16,20-21,23H,6-7,12-13H2,1-5H3,(H,26,27,28)/t16-,20-,21-,23-/m1/s1. The SMILES string of the molecule is CCOc1ccc([C@@H]2C(C(=O)O[C@@H]3C[C@H](C)CC[C@@H]3C(C)C)=C(C)Nc3ncnn32)cc1. The van der Waals surface area contributed by atoms with E-state index in [0.717, 1.165) is 29.9 Å². The minimum absolute atomic E-state index is 0.0651. The molecule has 1 aliphatic heterocycles. The molecule has 32 heavy (non-hydrogen) atoms. The number of nitrogens with zero attached hydrogens (tertiary/aromatic N) is 3. The van der Waals surface area contributed by atoms with Crippen molar-refractivity contribution in [1.29, 1.82) is 0 Å². The van der Waals surface area contributed by atoms with Crippen LogP contribution in [-0.4, -0.2) is 33.4 Å². The molecule has 0 spiro atoms. The van der Waals surface area contributed by atoms with Crippen LogP contribution in [0.15, 0.2) is 41.9 Å². The largest absolute Gasteiger partial charge is 0.494 e. The van der Waals surface area contributed by atoms with Crippen molar-refractivity contribution in [2.24, 2.45) is 17.8 Å². The molecule has 7 nitrogen and oxygen atoms in total. The number of carbonyl (C=O) groups is 1. The summed E-state index contributed by atoms with van der Waals surface area (Å²) < 4.78 is 13.6. The molecule has 2 aromatic rings. The van der Waals surface area contributed by atoms with Crippen LogP contribution in [0.4, 0.5) is 5.95 Å². The van der Waals surface area contributed by atoms with Crippen molar-refractivity contribution in [2.45, 2.75) is 66.0 Å². The maximum atomic E-state index is 13.6. The van der Waals surface area contributed by atoms with Gasteiger partial charge in [-0.15, -0.1) is 0 Å². The lowest BCUT2D eigenvalue weighted by atomic mass is 9.75. The first kappa shape index (κ1) is 22.4. The fourth-order valence-electron chi connectivity index (χ4n) is 5.03. The molecule has 1 aromatic heterocycles. The molecule has 0 unspecified atom stereocenters. The first-order valence-corrected chi connectivity index (χ1v) is 11.7. The fraction of sp³-hybridized carbons (Fsp3) is 0.560. The highest BCUT2D eigenvalue weighted by Crippen LogP contribution is 2.39. The van der Waals surface area contributed by atoms with E-state index in [-0.39, 0.29) is 12.1 Å². The molecule has 2 heterocycles. The summed E-state index contributed by atoms with van der Waals surface area (Å²) in [4.78, 5) is 17.9. The van der Waals surface area contributed by atoms with Gasteiger partial charge in [0.05, 0.1) is 12.2 Å². The minimum Gasteiger partial charge on any atom is -0.494 e. The van der Waals surface area contributed by atoms with E-state index in [1.54, 1.807) is 4.68 Å². The molecule has 7 heteroatoms. The van der Waals surface area contributed by atoms with Crippen LogP contribution in [0.5, 0.6) is 5.75 Å². The first-order valence-electron chi connectivity index (χ1n) is 11.7. The Morgan fingerprint density at radius 3 is 2.69 bits per heavy atom. The molecule has 1 aromatic carbocycles. The van der Waals surface area contributed by atoms with E-state index in [2.05, 4.69) is 36.2 Å². The molecule has 0 bridgehead atoms. The molecule has 1 saturated carbocycles. The van der Waals surface area contributed by atoms with Gasteiger partial charge < -0.3 is 14.8 Å². The van der Waals surface area contributed by atoms with E-state index in [9.17, 15) is 4.79 Å². The van der Waals surface area contributed by atoms with Crippen molar-refractivity contribution < 1.29 is 14.3 Å². The van der Waals surface area contributed by atoms with Crippen molar-refractivity contribution >= 4 is 11.9 Å². The number of esters is 1. The highest BCUT2D eigenvalue weighted by Gasteiger charge is 2.38. The topological polar surface area (TPSA) is 78.3 Å². The number of allylic oxidation sites excluding steroid dienone is 1. The molecule has 0 saturated heterocycles. The Labute approximate surface area is 190 Å². The number of anilines is 1. The summed E-state index contributed by atoms with van der Waals surface area (Å²) in [5, 5.41) is 7.64. The first-order chi connectivity index (χ1) is 15.4. The Morgan fingerprint density at radius 2 is 2.00 bits per heavy atom. The van der Waals surface area contributed by atoms with E-state index in [4.69, 9.17) is 9.47 Å². The summed E-state index contributed by atoms with van der Waals surface area (Å²) >= 11 is 0. The average Bonchev–Trinajstić information content (AvgIpc) is 3.21. The second-order valence-electron chi connectivity index (χ2n) is 9.37. The number of hydrogen-bond acceptors (Lipinski definition) is 6. The van der Waals surface area contributed by atoms with Crippen LogP contribution < -0.4 is 10.1 Å². The Hall–Kier alpha value is -2.83. The van der Waals surface area contributed by atoms with Crippen molar-refractivity contribution in [3.8, 4) is 5.75 Å². The van der Waals surface area contributed by atoms with E-state index >= 15 is 0 Å². The summed E-state index contributed by atoms with van der Waals surface area (Å²) in [6, 6.07) is 7.40. The predicted molar refractivity (Wildman–Crippen MR) is 123 cm³/mol. The monoisotopic (exact) mass is 438 g/mol. The van der Waals surface area contributed by atoms with Crippen LogP contribution in [0.3, 0.4) is 0 Å². The smallest absolute Gasteiger partial charge is 0.338 e. The number of fused-ring (bicyclic) bond motifs is 1. The lowest BCUT2D eigenvalue weighted by Gasteiger charge is -2.37. The second-order valence-corrected chi connectivity index (χ2v) is 9.37. The number of hydrogen-bond donors (Lipinski definition) is 1. The van der Waals surface area contributed by atoms with Crippen LogP contribution in [0.2, 0.25) is 0 Å². The molecule has 1 aliphatic carbocycles. The van der Waals surface area contributed by atoms with Crippen molar-refractivity contribution in [2.75, 3.05) is 11.9 Å². The summed E-state index contributed by atoms with van der Waals surface area (Å²) in [5.41, 5.74) is 2.26. The maximum absolute atomic E-state index is 13.6. The zero-order chi connectivity index (χ0) is 22.8. The molecule has 0 amide bonds. The van der Waals surface area contributed by atoms with Crippen molar-refractivity contribution in [3.05, 3.63) is 47.4 Å². The minimum atomic E-state index is -0.407. The van der Waals surface area contributed by atoms with Crippen LogP contribution >= 0.6 is 0 Å². The van der Waals surface area contributed by atoms with Crippen molar-refractivity contribution in [3.63, 3.8) is 0 Å². The van der Waals surface area contributed by atoms with Gasteiger partial charge >= 0.3 is 5.97 Å². The zero-order valence-corrected chi connectivity index (χ0v) is 19.7. The lowest BCUT2D eigenvalue weighted by molar-refractivity contribution is -0.151. The number of carbonyl (C=O) groups excluding carboxylic acids is 1. The Bertz CT molecular complexity index is 979. The van der Waals surface area contributed by atoms with E-state index in [1.807, 2.05) is 38.1 Å². The second kappa shape index (κ2) is 9.35. The maximum Gasteiger partial charge on any atom is 0.338 e. The third-order valence-electron chi connectivity index (χ3n) is 6.74. The van der Waals surface area contributed by atoms with Crippen molar-refractivity contribution in [1.82, 2.24) is 14.8 Å². The van der Waals surface area contributed by atoms with E-state index < -0.39 is 6.04 Å². The van der Waals surface area contributed by atoms with Gasteiger partial charge in [-0.05, 0) is 62.1 Å². The van der Waals surface area contributed by atoms with Gasteiger partial charge in [-0.2, -0.15) is 10.1 Å². The van der Waals surface area contributed by atoms with Crippen LogP contribution in [0.1, 0.15) is 65.5 Å². The molecule has 172 valence electrons. The van der Waals surface area contributed by atoms with Gasteiger partial charge in [0.15, 0.2) is 0 Å². The molecule has 4 rings (SSSR count). The highest BCUT2D eigenvalue weighted by molar-refractivity contribution is 5.92. The normalized spacial score (nSPS) is 25.3. The van der Waals surface area contributed by atoms with Gasteiger partial charge in [-0.3, -0.25) is 0 Å². The van der Waals surface area contributed by atoms with Gasteiger partial charge in [0.2, 0.25) is 5.95 Å². The summed E-state index contributed by atoms with van der Waals surface area (Å²) in [5.74, 6) is 2.56. The third kappa shape index (κ3) is 4.38. The Kier molecular flexibility index (Phi) is 6.53. The summed E-state index contributed by atoms with van der Waals surface area (Å²) in [6.45, 7) is 11.2. The predicted octanol–water partition coefficient (Wildman–Crippen LogP) is 4.97. The van der Waals surface area contributed by atoms with E-state index in [1.165, 1.54) is 12.7 Å². The molecule has 1 N–H and O–H groups in total. The molecule has 4 atom stereocenters. The molecule has 2 aliphatic rings. The Balaban J connectivity index is 1.66. The zero-order valence-electron chi connectivity index (χ0n) is 19.7. The Morgan fingerprint density at radius 1 is 1.25 bits per heavy atom. The number of aromatic nitrogens is 3. The van der Waals surface area contributed by atoms with Gasteiger partial charge in [0.1, 0.15) is 24.2 Å². The van der Waals surface area contributed by atoms with Crippen LogP contribution in [0.25, 0.3) is 0 Å². The number of benzene rings is 1. The number of ether oxygens (including phenoxy) is 2. The highest BCUT2D eigenvalue weighted by atomic mass is 16.5. The van der Waals surface area contributed by atoms with Gasteiger partial charge in [0, 0.05) is 5.70 Å². The summed E-state index contributed by atoms with van der Waals surface area (Å²) in [7, 11) is 0. The average molecular weight is 439 g/mol. The quantitative estimate of drug-likeness (QED) is 0.642. The molecule has 0 radical (unpaired) electrons. The number of rotatable bonds is 6. The van der Waals surface area contributed by atoms with Crippen LogP contribution in [0, 0.1) is 17.8 Å². The third-order valence-corrected chi connectivity index (χ3v) is 6.74. The number of nitrogens with one attached hydrogen (secondary N) is 1. The molecular formula is C25H34N4O3. The van der Waals surface area contributed by atoms with Gasteiger partial charge in [-0.25, -0.2) is 9.48 Å². The molecule has 1 fully saturated rings. The van der Waals surface area contributed by atoms with Gasteiger partial charge in [-0.1, -0.05) is 39.3 Å².